The van der Waals surface area contributed by atoms with Crippen LogP contribution < -0.4 is 0 Å². The summed E-state index contributed by atoms with van der Waals surface area (Å²) in [5, 5.41) is 9.15. The Kier molecular flexibility index (Phi) is 3.72. The molecule has 98 valence electrons. The van der Waals surface area contributed by atoms with Gasteiger partial charge in [-0.25, -0.2) is 0 Å². The molecule has 0 aromatic heterocycles. The van der Waals surface area contributed by atoms with Crippen LogP contribution in [0, 0.1) is 17.8 Å². The standard InChI is InChI=1S/C15H27NO/c17-11-14-7-15(8-14)16(9-12-3-1-4-12)10-13-5-2-6-13/h12-15,17H,1-11H2/t14-,15-. The fraction of sp³-hybridized carbons (Fsp3) is 1.00. The van der Waals surface area contributed by atoms with Gasteiger partial charge in [0.05, 0.1) is 0 Å². The lowest BCUT2D eigenvalue weighted by atomic mass is 9.76. The van der Waals surface area contributed by atoms with E-state index in [1.54, 1.807) is 0 Å². The quantitative estimate of drug-likeness (QED) is 0.767. The third-order valence-electron chi connectivity index (χ3n) is 5.42. The van der Waals surface area contributed by atoms with Gasteiger partial charge < -0.3 is 5.11 Å². The number of rotatable bonds is 6. The van der Waals surface area contributed by atoms with E-state index in [4.69, 9.17) is 5.11 Å². The van der Waals surface area contributed by atoms with Gasteiger partial charge in [-0.2, -0.15) is 0 Å². The Morgan fingerprint density at radius 3 is 1.71 bits per heavy atom. The normalized spacial score (nSPS) is 34.2. The van der Waals surface area contributed by atoms with Crippen molar-refractivity contribution < 1.29 is 5.11 Å². The van der Waals surface area contributed by atoms with Gasteiger partial charge in [0, 0.05) is 25.7 Å². The maximum absolute atomic E-state index is 9.15. The Morgan fingerprint density at radius 2 is 1.35 bits per heavy atom. The topological polar surface area (TPSA) is 23.5 Å². The molecular formula is C15H27NO. The van der Waals surface area contributed by atoms with E-state index in [0.717, 1.165) is 17.9 Å². The van der Waals surface area contributed by atoms with Crippen LogP contribution in [-0.4, -0.2) is 35.7 Å². The lowest BCUT2D eigenvalue weighted by Gasteiger charge is -2.47. The minimum atomic E-state index is 0.414. The molecule has 0 spiro atoms. The summed E-state index contributed by atoms with van der Waals surface area (Å²) in [7, 11) is 0. The van der Waals surface area contributed by atoms with Crippen LogP contribution in [0.15, 0.2) is 0 Å². The van der Waals surface area contributed by atoms with Gasteiger partial charge in [-0.1, -0.05) is 12.8 Å². The van der Waals surface area contributed by atoms with Crippen molar-refractivity contribution in [1.29, 1.82) is 0 Å². The van der Waals surface area contributed by atoms with Crippen LogP contribution in [0.25, 0.3) is 0 Å². The Balaban J connectivity index is 1.48. The number of nitrogens with zero attached hydrogens (tertiary/aromatic N) is 1. The van der Waals surface area contributed by atoms with Crippen molar-refractivity contribution in [2.75, 3.05) is 19.7 Å². The molecule has 0 unspecified atom stereocenters. The lowest BCUT2D eigenvalue weighted by molar-refractivity contribution is 0.0103. The van der Waals surface area contributed by atoms with Crippen LogP contribution in [-0.2, 0) is 0 Å². The molecule has 0 bridgehead atoms. The van der Waals surface area contributed by atoms with Crippen LogP contribution in [0.4, 0.5) is 0 Å². The molecule has 0 heterocycles. The Morgan fingerprint density at radius 1 is 0.824 bits per heavy atom. The molecule has 3 aliphatic carbocycles. The average molecular weight is 237 g/mol. The summed E-state index contributed by atoms with van der Waals surface area (Å²) in [5.41, 5.74) is 0. The second-order valence-electron chi connectivity index (χ2n) is 6.72. The SMILES string of the molecule is OC[C@H]1C[C@H](N(CC2CCC2)CC2CCC2)C1. The molecule has 3 saturated carbocycles. The highest BCUT2D eigenvalue weighted by molar-refractivity contribution is 4.90. The number of aliphatic hydroxyl groups is 1. The molecule has 0 aromatic rings. The predicted molar refractivity (Wildman–Crippen MR) is 69.9 cm³/mol. The first-order valence-corrected chi connectivity index (χ1v) is 7.70. The van der Waals surface area contributed by atoms with Crippen molar-refractivity contribution >= 4 is 0 Å². The molecule has 3 aliphatic rings. The van der Waals surface area contributed by atoms with E-state index in [-0.39, 0.29) is 0 Å². The van der Waals surface area contributed by atoms with Gasteiger partial charge in [0.25, 0.3) is 0 Å². The molecule has 0 saturated heterocycles. The summed E-state index contributed by atoms with van der Waals surface area (Å²) >= 11 is 0. The Hall–Kier alpha value is -0.0800. The minimum Gasteiger partial charge on any atom is -0.396 e. The molecule has 0 aromatic carbocycles. The number of aliphatic hydroxyl groups excluding tert-OH is 1. The van der Waals surface area contributed by atoms with Crippen LogP contribution in [0.5, 0.6) is 0 Å². The maximum atomic E-state index is 9.15. The molecule has 1 N–H and O–H groups in total. The number of hydrogen-bond acceptors (Lipinski definition) is 2. The van der Waals surface area contributed by atoms with Gasteiger partial charge in [-0.3, -0.25) is 4.90 Å². The molecule has 0 radical (unpaired) electrons. The number of hydrogen-bond donors (Lipinski definition) is 1. The van der Waals surface area contributed by atoms with E-state index in [1.807, 2.05) is 0 Å². The molecule has 0 amide bonds. The van der Waals surface area contributed by atoms with Gasteiger partial charge in [-0.05, 0) is 56.3 Å². The molecule has 3 fully saturated rings. The smallest absolute Gasteiger partial charge is 0.0460 e. The second kappa shape index (κ2) is 5.27. The first kappa shape index (κ1) is 12.0. The first-order chi connectivity index (χ1) is 8.35. The van der Waals surface area contributed by atoms with Crippen LogP contribution >= 0.6 is 0 Å². The van der Waals surface area contributed by atoms with Crippen molar-refractivity contribution in [3.05, 3.63) is 0 Å². The van der Waals surface area contributed by atoms with Gasteiger partial charge in [-0.15, -0.1) is 0 Å². The largest absolute Gasteiger partial charge is 0.396 e. The summed E-state index contributed by atoms with van der Waals surface area (Å²) in [5.74, 6) is 2.62. The van der Waals surface area contributed by atoms with E-state index < -0.39 is 0 Å². The zero-order chi connectivity index (χ0) is 11.7. The lowest BCUT2D eigenvalue weighted by Crippen LogP contribution is -2.50. The summed E-state index contributed by atoms with van der Waals surface area (Å²) < 4.78 is 0. The third-order valence-corrected chi connectivity index (χ3v) is 5.42. The van der Waals surface area contributed by atoms with Crippen molar-refractivity contribution in [3.8, 4) is 0 Å². The summed E-state index contributed by atoms with van der Waals surface area (Å²) in [4.78, 5) is 2.79. The zero-order valence-electron chi connectivity index (χ0n) is 11.0. The fourth-order valence-corrected chi connectivity index (χ4v) is 3.53. The first-order valence-electron chi connectivity index (χ1n) is 7.70. The van der Waals surface area contributed by atoms with Crippen LogP contribution in [0.2, 0.25) is 0 Å². The van der Waals surface area contributed by atoms with Gasteiger partial charge in [0.2, 0.25) is 0 Å². The van der Waals surface area contributed by atoms with Crippen molar-refractivity contribution in [2.24, 2.45) is 17.8 Å². The predicted octanol–water partition coefficient (Wildman–Crippen LogP) is 2.66. The van der Waals surface area contributed by atoms with Crippen molar-refractivity contribution in [2.45, 2.75) is 57.4 Å². The molecule has 17 heavy (non-hydrogen) atoms. The molecule has 0 aliphatic heterocycles. The van der Waals surface area contributed by atoms with Gasteiger partial charge >= 0.3 is 0 Å². The van der Waals surface area contributed by atoms with E-state index in [2.05, 4.69) is 4.90 Å². The van der Waals surface area contributed by atoms with Crippen LogP contribution in [0.1, 0.15) is 51.4 Å². The average Bonchev–Trinajstić information content (AvgIpc) is 2.13. The zero-order valence-corrected chi connectivity index (χ0v) is 11.0. The van der Waals surface area contributed by atoms with Crippen molar-refractivity contribution in [1.82, 2.24) is 4.90 Å². The van der Waals surface area contributed by atoms with Gasteiger partial charge in [0.1, 0.15) is 0 Å². The fourth-order valence-electron chi connectivity index (χ4n) is 3.53. The highest BCUT2D eigenvalue weighted by atomic mass is 16.3. The molecular weight excluding hydrogens is 210 g/mol. The van der Waals surface area contributed by atoms with E-state index in [0.29, 0.717) is 12.5 Å². The molecule has 2 heteroatoms. The summed E-state index contributed by atoms with van der Waals surface area (Å²) in [6.45, 7) is 3.13. The van der Waals surface area contributed by atoms with Crippen LogP contribution in [0.3, 0.4) is 0 Å². The summed E-state index contributed by atoms with van der Waals surface area (Å²) in [6.07, 6.45) is 11.3. The summed E-state index contributed by atoms with van der Waals surface area (Å²) in [6, 6.07) is 0.813. The highest BCUT2D eigenvalue weighted by Gasteiger charge is 2.36. The third kappa shape index (κ3) is 2.68. The monoisotopic (exact) mass is 237 g/mol. The van der Waals surface area contributed by atoms with E-state index >= 15 is 0 Å². The molecule has 2 nitrogen and oxygen atoms in total. The minimum absolute atomic E-state index is 0.414. The van der Waals surface area contributed by atoms with Crippen molar-refractivity contribution in [3.63, 3.8) is 0 Å². The highest BCUT2D eigenvalue weighted by Crippen LogP contribution is 2.37. The van der Waals surface area contributed by atoms with E-state index in [9.17, 15) is 0 Å². The Labute approximate surface area is 105 Å². The van der Waals surface area contributed by atoms with E-state index in [1.165, 1.54) is 64.5 Å². The maximum Gasteiger partial charge on any atom is 0.0460 e. The van der Waals surface area contributed by atoms with Gasteiger partial charge in [0.15, 0.2) is 0 Å². The second-order valence-corrected chi connectivity index (χ2v) is 6.72. The molecule has 0 atom stereocenters. The Bertz CT molecular complexity index is 225. The molecule has 3 rings (SSSR count).